The fourth-order valence-corrected chi connectivity index (χ4v) is 3.06. The molecule has 9 atom stereocenters. The van der Waals surface area contributed by atoms with Crippen molar-refractivity contribution in [2.24, 2.45) is 0 Å². The molecule has 1 unspecified atom stereocenters. The maximum absolute atomic E-state index is 11.8. The maximum Gasteiger partial charge on any atom is 0.473 e. The van der Waals surface area contributed by atoms with Crippen molar-refractivity contribution in [3.05, 3.63) is 0 Å². The number of hydrogen-bond donors (Lipinski definition) is 10. The van der Waals surface area contributed by atoms with Gasteiger partial charge in [0.25, 0.3) is 0 Å². The Hall–Kier alpha value is -0.720. The standard InChI is InChI=1S/C12H24O17P2/c13-1-5(15)9(18)10(19)7(17)4-28-31(25,26)29-8(2-14)12(21)11(20)6(16)3-27-30(22,23)24/h1-2,5-12,15-21H,3-4H2,(H,25,26)(H2,22,23,24)/t5-,6-,7-,8-,9-,10-,11-,12-/m1/s1. The number of aldehydes is 2. The van der Waals surface area contributed by atoms with Crippen molar-refractivity contribution in [1.29, 1.82) is 0 Å². The molecule has 0 rings (SSSR count). The highest BCUT2D eigenvalue weighted by molar-refractivity contribution is 7.47. The average Bonchev–Trinajstić information content (AvgIpc) is 2.70. The van der Waals surface area contributed by atoms with Crippen molar-refractivity contribution in [1.82, 2.24) is 0 Å². The van der Waals surface area contributed by atoms with Gasteiger partial charge in [-0.25, -0.2) is 9.13 Å². The molecule has 0 spiro atoms. The largest absolute Gasteiger partial charge is 0.473 e. The third-order valence-electron chi connectivity index (χ3n) is 3.53. The number of rotatable bonds is 16. The topological polar surface area (TPSA) is 298 Å². The molecule has 0 amide bonds. The normalized spacial score (nSPS) is 22.3. The van der Waals surface area contributed by atoms with E-state index >= 15 is 0 Å². The van der Waals surface area contributed by atoms with Gasteiger partial charge in [0, 0.05) is 0 Å². The van der Waals surface area contributed by atoms with Crippen molar-refractivity contribution in [2.75, 3.05) is 13.2 Å². The Morgan fingerprint density at radius 2 is 1.13 bits per heavy atom. The first-order chi connectivity index (χ1) is 14.1. The van der Waals surface area contributed by atoms with Crippen LogP contribution in [0.15, 0.2) is 0 Å². The summed E-state index contributed by atoms with van der Waals surface area (Å²) in [4.78, 5) is 47.9. The smallest absolute Gasteiger partial charge is 0.388 e. The minimum Gasteiger partial charge on any atom is -0.388 e. The summed E-state index contributed by atoms with van der Waals surface area (Å²) >= 11 is 0. The molecular formula is C12H24O17P2. The molecule has 0 radical (unpaired) electrons. The third-order valence-corrected chi connectivity index (χ3v) is 5.00. The summed E-state index contributed by atoms with van der Waals surface area (Å²) < 4.78 is 34.8. The molecule has 0 aromatic rings. The molecule has 0 bridgehead atoms. The van der Waals surface area contributed by atoms with Gasteiger partial charge < -0.3 is 60.0 Å². The lowest BCUT2D eigenvalue weighted by Gasteiger charge is -2.28. The van der Waals surface area contributed by atoms with Gasteiger partial charge in [-0.05, 0) is 0 Å². The van der Waals surface area contributed by atoms with Crippen molar-refractivity contribution in [3.8, 4) is 0 Å². The van der Waals surface area contributed by atoms with Crippen LogP contribution in [0.5, 0.6) is 0 Å². The fourth-order valence-electron chi connectivity index (χ4n) is 1.83. The molecule has 31 heavy (non-hydrogen) atoms. The molecule has 0 saturated carbocycles. The SMILES string of the molecule is O=C[C@@H](O)[C@@H](O)[C@H](O)[C@H](O)COP(=O)(O)O[C@H](C=O)[C@@H](O)[C@H](O)[C@H](O)COP(=O)(O)O. The summed E-state index contributed by atoms with van der Waals surface area (Å²) in [6.45, 7) is -2.46. The fraction of sp³-hybridized carbons (Fsp3) is 0.833. The van der Waals surface area contributed by atoms with Gasteiger partial charge in [0.15, 0.2) is 18.7 Å². The molecule has 19 heteroatoms. The van der Waals surface area contributed by atoms with Crippen LogP contribution in [-0.4, -0.2) is 125 Å². The van der Waals surface area contributed by atoms with Gasteiger partial charge in [0.05, 0.1) is 13.2 Å². The first-order valence-corrected chi connectivity index (χ1v) is 11.1. The molecule has 0 aromatic heterocycles. The van der Waals surface area contributed by atoms with Crippen molar-refractivity contribution < 1.29 is 82.7 Å². The summed E-state index contributed by atoms with van der Waals surface area (Å²) in [7, 11) is -10.4. The third kappa shape index (κ3) is 11.1. The zero-order valence-corrected chi connectivity index (χ0v) is 17.2. The highest BCUT2D eigenvalue weighted by Crippen LogP contribution is 2.45. The summed E-state index contributed by atoms with van der Waals surface area (Å²) in [6.07, 6.45) is -18.5. The Bertz CT molecular complexity index is 653. The number of hydrogen-bond acceptors (Lipinski definition) is 14. The number of phosphoric acid groups is 2. The van der Waals surface area contributed by atoms with E-state index < -0.39 is 77.7 Å². The van der Waals surface area contributed by atoms with Crippen LogP contribution in [0.3, 0.4) is 0 Å². The molecule has 0 aliphatic heterocycles. The lowest BCUT2D eigenvalue weighted by Crippen LogP contribution is -2.47. The number of aliphatic hydroxyl groups is 7. The lowest BCUT2D eigenvalue weighted by atomic mass is 10.0. The van der Waals surface area contributed by atoms with E-state index in [-0.39, 0.29) is 12.6 Å². The van der Waals surface area contributed by atoms with Gasteiger partial charge in [-0.1, -0.05) is 0 Å². The van der Waals surface area contributed by atoms with Crippen LogP contribution in [0, 0.1) is 0 Å². The predicted molar refractivity (Wildman–Crippen MR) is 92.8 cm³/mol. The monoisotopic (exact) mass is 502 g/mol. The molecule has 0 aliphatic carbocycles. The first kappa shape index (κ1) is 30.3. The highest BCUT2D eigenvalue weighted by Gasteiger charge is 2.39. The van der Waals surface area contributed by atoms with Crippen LogP contribution in [-0.2, 0) is 32.3 Å². The minimum absolute atomic E-state index is 0.164. The van der Waals surface area contributed by atoms with Gasteiger partial charge in [0.2, 0.25) is 0 Å². The minimum atomic E-state index is -5.31. The highest BCUT2D eigenvalue weighted by atomic mass is 31.2. The van der Waals surface area contributed by atoms with Gasteiger partial charge >= 0.3 is 15.6 Å². The number of carbonyl (C=O) groups excluding carboxylic acids is 2. The van der Waals surface area contributed by atoms with Crippen molar-refractivity contribution in [2.45, 2.75) is 48.8 Å². The van der Waals surface area contributed by atoms with E-state index in [0.29, 0.717) is 0 Å². The molecule has 0 heterocycles. The molecular weight excluding hydrogens is 478 g/mol. The zero-order valence-electron chi connectivity index (χ0n) is 15.4. The van der Waals surface area contributed by atoms with Gasteiger partial charge in [-0.3, -0.25) is 13.6 Å². The molecule has 10 N–H and O–H groups in total. The zero-order chi connectivity index (χ0) is 24.6. The van der Waals surface area contributed by atoms with E-state index in [2.05, 4.69) is 13.6 Å². The van der Waals surface area contributed by atoms with Gasteiger partial charge in [-0.15, -0.1) is 0 Å². The van der Waals surface area contributed by atoms with E-state index in [1.54, 1.807) is 0 Å². The Morgan fingerprint density at radius 1 is 0.677 bits per heavy atom. The van der Waals surface area contributed by atoms with Crippen LogP contribution < -0.4 is 0 Å². The van der Waals surface area contributed by atoms with Crippen LogP contribution >= 0.6 is 15.6 Å². The molecule has 0 aromatic carbocycles. The number of phosphoric ester groups is 2. The lowest BCUT2D eigenvalue weighted by molar-refractivity contribution is -0.139. The summed E-state index contributed by atoms with van der Waals surface area (Å²) in [5.41, 5.74) is 0. The van der Waals surface area contributed by atoms with E-state index in [1.807, 2.05) is 0 Å². The second-order valence-electron chi connectivity index (χ2n) is 5.98. The number of aliphatic hydroxyl groups excluding tert-OH is 7. The Labute approximate surface area is 173 Å². The second kappa shape index (κ2) is 13.1. The summed E-state index contributed by atoms with van der Waals surface area (Å²) in [6, 6.07) is 0. The summed E-state index contributed by atoms with van der Waals surface area (Å²) in [5, 5.41) is 66.4. The second-order valence-corrected chi connectivity index (χ2v) is 8.63. The van der Waals surface area contributed by atoms with E-state index in [4.69, 9.17) is 14.9 Å². The Balaban J connectivity index is 4.92. The molecule has 0 fully saturated rings. The van der Waals surface area contributed by atoms with Crippen molar-refractivity contribution >= 4 is 28.2 Å². The average molecular weight is 502 g/mol. The predicted octanol–water partition coefficient (Wildman–Crippen LogP) is -5.48. The van der Waals surface area contributed by atoms with Crippen LogP contribution in [0.2, 0.25) is 0 Å². The van der Waals surface area contributed by atoms with Crippen LogP contribution in [0.1, 0.15) is 0 Å². The molecule has 17 nitrogen and oxygen atoms in total. The van der Waals surface area contributed by atoms with E-state index in [0.717, 1.165) is 0 Å². The number of carbonyl (C=O) groups is 2. The van der Waals surface area contributed by atoms with Gasteiger partial charge in [-0.2, -0.15) is 0 Å². The van der Waals surface area contributed by atoms with Gasteiger partial charge in [0.1, 0.15) is 42.7 Å². The quantitative estimate of drug-likeness (QED) is 0.0695. The molecule has 0 saturated heterocycles. The van der Waals surface area contributed by atoms with Crippen LogP contribution in [0.25, 0.3) is 0 Å². The first-order valence-electron chi connectivity index (χ1n) is 8.09. The van der Waals surface area contributed by atoms with Crippen molar-refractivity contribution in [3.63, 3.8) is 0 Å². The Morgan fingerprint density at radius 3 is 1.55 bits per heavy atom. The molecule has 184 valence electrons. The summed E-state index contributed by atoms with van der Waals surface area (Å²) in [5.74, 6) is 0. The molecule has 0 aliphatic rings. The Kier molecular flexibility index (Phi) is 12.8. The van der Waals surface area contributed by atoms with E-state index in [1.165, 1.54) is 0 Å². The van der Waals surface area contributed by atoms with E-state index in [9.17, 15) is 54.3 Å². The van der Waals surface area contributed by atoms with Crippen LogP contribution in [0.4, 0.5) is 0 Å². The maximum atomic E-state index is 11.8.